The second kappa shape index (κ2) is 7.25. The lowest BCUT2D eigenvalue weighted by Crippen LogP contribution is -2.25. The third-order valence-corrected chi connectivity index (χ3v) is 5.76. The summed E-state index contributed by atoms with van der Waals surface area (Å²) in [5, 5.41) is 4.41. The molecule has 1 saturated heterocycles. The number of ether oxygens (including phenoxy) is 1. The van der Waals surface area contributed by atoms with Crippen LogP contribution in [0.15, 0.2) is 9.85 Å². The molecule has 0 radical (unpaired) electrons. The van der Waals surface area contributed by atoms with Crippen LogP contribution in [0.5, 0.6) is 0 Å². The lowest BCUT2D eigenvalue weighted by molar-refractivity contribution is 0.0949. The van der Waals surface area contributed by atoms with Crippen LogP contribution in [0.3, 0.4) is 0 Å². The molecule has 1 aliphatic rings. The Morgan fingerprint density at radius 2 is 2.50 bits per heavy atom. The lowest BCUT2D eigenvalue weighted by Gasteiger charge is -2.20. The molecule has 0 bridgehead atoms. The van der Waals surface area contributed by atoms with Crippen LogP contribution in [0.4, 0.5) is 0 Å². The van der Waals surface area contributed by atoms with Crippen molar-refractivity contribution in [1.29, 1.82) is 0 Å². The van der Waals surface area contributed by atoms with E-state index < -0.39 is 0 Å². The molecule has 2 nitrogen and oxygen atoms in total. The van der Waals surface area contributed by atoms with Gasteiger partial charge in [-0.1, -0.05) is 18.5 Å². The summed E-state index contributed by atoms with van der Waals surface area (Å²) in [5.41, 5.74) is 0. The summed E-state index contributed by atoms with van der Waals surface area (Å²) in [6.07, 6.45) is 4.97. The van der Waals surface area contributed by atoms with E-state index in [1.807, 2.05) is 0 Å². The van der Waals surface area contributed by atoms with Crippen LogP contribution in [-0.4, -0.2) is 19.3 Å². The molecule has 1 fully saturated rings. The zero-order chi connectivity index (χ0) is 13.0. The first-order chi connectivity index (χ1) is 8.70. The molecule has 2 atom stereocenters. The van der Waals surface area contributed by atoms with Gasteiger partial charge in [0.2, 0.25) is 0 Å². The van der Waals surface area contributed by atoms with Gasteiger partial charge in [-0.15, -0.1) is 11.3 Å². The first-order valence-corrected chi connectivity index (χ1v) is 8.49. The summed E-state index contributed by atoms with van der Waals surface area (Å²) in [7, 11) is 0. The molecular formula is C13H19BrClNOS. The standard InChI is InChI=1S/C13H19BrClNOS/c1-2-5-16-11(7-9-4-3-6-17-9)12-8-10(15)13(14)18-12/h8-9,11,16H,2-7H2,1H3. The maximum absolute atomic E-state index is 6.13. The molecule has 0 spiro atoms. The van der Waals surface area contributed by atoms with Gasteiger partial charge in [-0.2, -0.15) is 0 Å². The van der Waals surface area contributed by atoms with Gasteiger partial charge in [0.1, 0.15) is 0 Å². The summed E-state index contributed by atoms with van der Waals surface area (Å²) < 4.78 is 6.76. The summed E-state index contributed by atoms with van der Waals surface area (Å²) in [6.45, 7) is 4.14. The van der Waals surface area contributed by atoms with Crippen molar-refractivity contribution in [2.24, 2.45) is 0 Å². The maximum Gasteiger partial charge on any atom is 0.0887 e. The number of hydrogen-bond donors (Lipinski definition) is 1. The fourth-order valence-corrected chi connectivity index (χ4v) is 4.08. The van der Waals surface area contributed by atoms with Crippen molar-refractivity contribution in [2.45, 2.75) is 44.8 Å². The molecule has 1 aromatic heterocycles. The highest BCUT2D eigenvalue weighted by molar-refractivity contribution is 9.11. The maximum atomic E-state index is 6.13. The molecule has 1 aromatic rings. The Labute approximate surface area is 126 Å². The second-order valence-electron chi connectivity index (χ2n) is 4.65. The van der Waals surface area contributed by atoms with Crippen molar-refractivity contribution in [3.63, 3.8) is 0 Å². The van der Waals surface area contributed by atoms with Crippen molar-refractivity contribution >= 4 is 38.9 Å². The minimum Gasteiger partial charge on any atom is -0.378 e. The monoisotopic (exact) mass is 351 g/mol. The lowest BCUT2D eigenvalue weighted by atomic mass is 10.1. The molecule has 102 valence electrons. The molecule has 0 aliphatic carbocycles. The normalized spacial score (nSPS) is 21.4. The van der Waals surface area contributed by atoms with Crippen LogP contribution in [-0.2, 0) is 4.74 Å². The third-order valence-electron chi connectivity index (χ3n) is 3.17. The Morgan fingerprint density at radius 1 is 1.67 bits per heavy atom. The van der Waals surface area contributed by atoms with Crippen molar-refractivity contribution in [3.8, 4) is 0 Å². The molecule has 0 aromatic carbocycles. The van der Waals surface area contributed by atoms with E-state index in [1.165, 1.54) is 17.7 Å². The van der Waals surface area contributed by atoms with Gasteiger partial charge in [0, 0.05) is 17.5 Å². The predicted octanol–water partition coefficient (Wildman–Crippen LogP) is 4.77. The molecule has 2 rings (SSSR count). The number of nitrogens with one attached hydrogen (secondary N) is 1. The van der Waals surface area contributed by atoms with Crippen LogP contribution in [0.2, 0.25) is 5.02 Å². The van der Waals surface area contributed by atoms with E-state index in [9.17, 15) is 0 Å². The molecule has 0 amide bonds. The minimum absolute atomic E-state index is 0.363. The first-order valence-electron chi connectivity index (χ1n) is 6.50. The van der Waals surface area contributed by atoms with Gasteiger partial charge in [0.15, 0.2) is 0 Å². The van der Waals surface area contributed by atoms with Gasteiger partial charge in [0.25, 0.3) is 0 Å². The Morgan fingerprint density at radius 3 is 3.06 bits per heavy atom. The van der Waals surface area contributed by atoms with Gasteiger partial charge >= 0.3 is 0 Å². The van der Waals surface area contributed by atoms with Crippen LogP contribution < -0.4 is 5.32 Å². The highest BCUT2D eigenvalue weighted by Crippen LogP contribution is 2.37. The molecule has 2 unspecified atom stereocenters. The molecule has 0 saturated carbocycles. The fourth-order valence-electron chi connectivity index (χ4n) is 2.25. The third kappa shape index (κ3) is 3.94. The average molecular weight is 353 g/mol. The first kappa shape index (κ1) is 14.8. The second-order valence-corrected chi connectivity index (χ2v) is 7.46. The van der Waals surface area contributed by atoms with Crippen LogP contribution in [0.25, 0.3) is 0 Å². The molecular weight excluding hydrogens is 334 g/mol. The number of thiophene rings is 1. The molecule has 18 heavy (non-hydrogen) atoms. The number of halogens is 2. The van der Waals surface area contributed by atoms with Crippen molar-refractivity contribution in [1.82, 2.24) is 5.32 Å². The Kier molecular flexibility index (Phi) is 5.96. The van der Waals surface area contributed by atoms with E-state index in [0.29, 0.717) is 12.1 Å². The van der Waals surface area contributed by atoms with E-state index in [4.69, 9.17) is 16.3 Å². The van der Waals surface area contributed by atoms with Crippen LogP contribution in [0, 0.1) is 0 Å². The Bertz CT molecular complexity index is 360. The van der Waals surface area contributed by atoms with E-state index in [-0.39, 0.29) is 0 Å². The highest BCUT2D eigenvalue weighted by atomic mass is 79.9. The van der Waals surface area contributed by atoms with Crippen LogP contribution >= 0.6 is 38.9 Å². The summed E-state index contributed by atoms with van der Waals surface area (Å²) in [5.74, 6) is 0. The molecule has 2 heterocycles. The number of rotatable bonds is 6. The van der Waals surface area contributed by atoms with E-state index >= 15 is 0 Å². The summed E-state index contributed by atoms with van der Waals surface area (Å²) in [6, 6.07) is 2.43. The Hall–Kier alpha value is 0.390. The quantitative estimate of drug-likeness (QED) is 0.796. The van der Waals surface area contributed by atoms with E-state index in [0.717, 1.165) is 34.8 Å². The minimum atomic E-state index is 0.363. The average Bonchev–Trinajstić information content (AvgIpc) is 2.96. The van der Waals surface area contributed by atoms with Gasteiger partial charge in [-0.25, -0.2) is 0 Å². The van der Waals surface area contributed by atoms with Gasteiger partial charge in [-0.3, -0.25) is 0 Å². The van der Waals surface area contributed by atoms with Gasteiger partial charge in [0.05, 0.1) is 14.9 Å². The molecule has 5 heteroatoms. The smallest absolute Gasteiger partial charge is 0.0887 e. The molecule has 1 N–H and O–H groups in total. The van der Waals surface area contributed by atoms with Gasteiger partial charge < -0.3 is 10.1 Å². The SMILES string of the molecule is CCCNC(CC1CCCO1)c1cc(Cl)c(Br)s1. The topological polar surface area (TPSA) is 21.3 Å². The van der Waals surface area contributed by atoms with Gasteiger partial charge in [-0.05, 0) is 54.2 Å². The van der Waals surface area contributed by atoms with Crippen LogP contribution in [0.1, 0.15) is 43.5 Å². The van der Waals surface area contributed by atoms with E-state index in [2.05, 4.69) is 34.2 Å². The van der Waals surface area contributed by atoms with E-state index in [1.54, 1.807) is 11.3 Å². The zero-order valence-corrected chi connectivity index (χ0v) is 13.7. The number of hydrogen-bond acceptors (Lipinski definition) is 3. The largest absolute Gasteiger partial charge is 0.378 e. The molecule has 1 aliphatic heterocycles. The predicted molar refractivity (Wildman–Crippen MR) is 81.7 cm³/mol. The zero-order valence-electron chi connectivity index (χ0n) is 10.5. The summed E-state index contributed by atoms with van der Waals surface area (Å²) >= 11 is 11.3. The van der Waals surface area contributed by atoms with Crippen molar-refractivity contribution in [2.75, 3.05) is 13.2 Å². The highest BCUT2D eigenvalue weighted by Gasteiger charge is 2.23. The Balaban J connectivity index is 2.03. The van der Waals surface area contributed by atoms with Crippen molar-refractivity contribution < 1.29 is 4.74 Å². The van der Waals surface area contributed by atoms with Crippen molar-refractivity contribution in [3.05, 3.63) is 19.8 Å². The summed E-state index contributed by atoms with van der Waals surface area (Å²) in [4.78, 5) is 1.30. The fraction of sp³-hybridized carbons (Fsp3) is 0.692.